The van der Waals surface area contributed by atoms with Gasteiger partial charge in [0.15, 0.2) is 0 Å². The Labute approximate surface area is 61.2 Å². The summed E-state index contributed by atoms with van der Waals surface area (Å²) >= 11 is 0. The molecular formula is C9H11N. The highest BCUT2D eigenvalue weighted by Gasteiger charge is 1.89. The molecule has 0 saturated heterocycles. The average Bonchev–Trinajstić information content (AvgIpc) is 2.05. The smallest absolute Gasteiger partial charge is 0.00265 e. The number of allylic oxidation sites excluding steroid dienone is 1. The second-order valence-corrected chi connectivity index (χ2v) is 2.22. The Kier molecular flexibility index (Phi) is 2.11. The summed E-state index contributed by atoms with van der Waals surface area (Å²) in [6, 6.07) is 10.1. The third-order valence-electron chi connectivity index (χ3n) is 1.48. The number of rotatable bonds is 1. The van der Waals surface area contributed by atoms with Gasteiger partial charge in [-0.2, -0.15) is 0 Å². The number of nitrogens with two attached hydrogens (primary N) is 1. The van der Waals surface area contributed by atoms with Crippen molar-refractivity contribution < 1.29 is 0 Å². The van der Waals surface area contributed by atoms with E-state index in [1.807, 2.05) is 37.3 Å². The third kappa shape index (κ3) is 1.38. The minimum absolute atomic E-state index is 1.11. The standard InChI is InChI=1S/C9H11N/c1-8(7-10)9-5-3-2-4-6-9/h2-7H,10H2,1H3/b8-7-. The van der Waals surface area contributed by atoms with E-state index < -0.39 is 0 Å². The summed E-state index contributed by atoms with van der Waals surface area (Å²) in [6.45, 7) is 2.00. The highest BCUT2D eigenvalue weighted by molar-refractivity contribution is 5.62. The molecule has 0 atom stereocenters. The molecular weight excluding hydrogens is 122 g/mol. The molecule has 0 radical (unpaired) electrons. The summed E-state index contributed by atoms with van der Waals surface area (Å²) < 4.78 is 0. The zero-order chi connectivity index (χ0) is 7.40. The Hall–Kier alpha value is -1.24. The summed E-state index contributed by atoms with van der Waals surface area (Å²) in [5, 5.41) is 0. The minimum atomic E-state index is 1.11. The summed E-state index contributed by atoms with van der Waals surface area (Å²) in [6.07, 6.45) is 1.62. The topological polar surface area (TPSA) is 26.0 Å². The lowest BCUT2D eigenvalue weighted by molar-refractivity contribution is 1.51. The Balaban J connectivity index is 2.96. The maximum atomic E-state index is 5.34. The third-order valence-corrected chi connectivity index (χ3v) is 1.48. The lowest BCUT2D eigenvalue weighted by atomic mass is 10.1. The Bertz CT molecular complexity index is 224. The second kappa shape index (κ2) is 3.06. The molecule has 1 nitrogen and oxygen atoms in total. The van der Waals surface area contributed by atoms with E-state index >= 15 is 0 Å². The fraction of sp³-hybridized carbons (Fsp3) is 0.111. The highest BCUT2D eigenvalue weighted by atomic mass is 14.5. The zero-order valence-corrected chi connectivity index (χ0v) is 6.04. The molecule has 0 fully saturated rings. The van der Waals surface area contributed by atoms with Gasteiger partial charge in [-0.25, -0.2) is 0 Å². The number of benzene rings is 1. The van der Waals surface area contributed by atoms with Gasteiger partial charge >= 0.3 is 0 Å². The van der Waals surface area contributed by atoms with E-state index in [4.69, 9.17) is 5.73 Å². The van der Waals surface area contributed by atoms with Crippen LogP contribution in [0.4, 0.5) is 0 Å². The fourth-order valence-electron chi connectivity index (χ4n) is 0.797. The van der Waals surface area contributed by atoms with Crippen molar-refractivity contribution in [2.45, 2.75) is 6.92 Å². The first-order valence-corrected chi connectivity index (χ1v) is 3.28. The lowest BCUT2D eigenvalue weighted by Gasteiger charge is -1.96. The molecule has 1 aromatic carbocycles. The van der Waals surface area contributed by atoms with E-state index in [9.17, 15) is 0 Å². The predicted octanol–water partition coefficient (Wildman–Crippen LogP) is 2.01. The van der Waals surface area contributed by atoms with Gasteiger partial charge in [0, 0.05) is 0 Å². The van der Waals surface area contributed by atoms with E-state index in [0.29, 0.717) is 0 Å². The van der Waals surface area contributed by atoms with Crippen LogP contribution in [0.3, 0.4) is 0 Å². The first kappa shape index (κ1) is 6.87. The molecule has 0 aliphatic rings. The summed E-state index contributed by atoms with van der Waals surface area (Å²) in [5.74, 6) is 0. The van der Waals surface area contributed by atoms with Gasteiger partial charge in [0.1, 0.15) is 0 Å². The van der Waals surface area contributed by atoms with Crippen LogP contribution in [-0.4, -0.2) is 0 Å². The Morgan fingerprint density at radius 1 is 1.30 bits per heavy atom. The fourth-order valence-corrected chi connectivity index (χ4v) is 0.797. The Morgan fingerprint density at radius 2 is 1.90 bits per heavy atom. The quantitative estimate of drug-likeness (QED) is 0.623. The van der Waals surface area contributed by atoms with E-state index in [1.165, 1.54) is 5.56 Å². The van der Waals surface area contributed by atoms with Crippen molar-refractivity contribution in [3.63, 3.8) is 0 Å². The normalized spacial score (nSPS) is 11.5. The van der Waals surface area contributed by atoms with Crippen LogP contribution in [-0.2, 0) is 0 Å². The summed E-state index contributed by atoms with van der Waals surface area (Å²) in [5.41, 5.74) is 7.64. The molecule has 1 aromatic rings. The molecule has 1 rings (SSSR count). The van der Waals surface area contributed by atoms with Crippen LogP contribution in [0.15, 0.2) is 36.5 Å². The van der Waals surface area contributed by atoms with Crippen LogP contribution in [0.1, 0.15) is 12.5 Å². The highest BCUT2D eigenvalue weighted by Crippen LogP contribution is 2.09. The molecule has 52 valence electrons. The van der Waals surface area contributed by atoms with Gasteiger partial charge in [0.05, 0.1) is 0 Å². The van der Waals surface area contributed by atoms with E-state index in [-0.39, 0.29) is 0 Å². The first-order valence-electron chi connectivity index (χ1n) is 3.28. The zero-order valence-electron chi connectivity index (χ0n) is 6.04. The summed E-state index contributed by atoms with van der Waals surface area (Å²) in [7, 11) is 0. The van der Waals surface area contributed by atoms with Crippen LogP contribution >= 0.6 is 0 Å². The lowest BCUT2D eigenvalue weighted by Crippen LogP contribution is -1.83. The largest absolute Gasteiger partial charge is 0.404 e. The molecule has 0 amide bonds. The second-order valence-electron chi connectivity index (χ2n) is 2.22. The summed E-state index contributed by atoms with van der Waals surface area (Å²) in [4.78, 5) is 0. The van der Waals surface area contributed by atoms with E-state index in [2.05, 4.69) is 0 Å². The van der Waals surface area contributed by atoms with E-state index in [1.54, 1.807) is 6.20 Å². The number of hydrogen-bond acceptors (Lipinski definition) is 1. The first-order chi connectivity index (χ1) is 4.84. The van der Waals surface area contributed by atoms with Crippen molar-refractivity contribution in [2.24, 2.45) is 5.73 Å². The van der Waals surface area contributed by atoms with Crippen LogP contribution in [0, 0.1) is 0 Å². The van der Waals surface area contributed by atoms with Gasteiger partial charge in [-0.05, 0) is 24.3 Å². The maximum Gasteiger partial charge on any atom is -0.00265 e. The van der Waals surface area contributed by atoms with Crippen molar-refractivity contribution in [3.05, 3.63) is 42.1 Å². The monoisotopic (exact) mass is 133 g/mol. The van der Waals surface area contributed by atoms with E-state index in [0.717, 1.165) is 5.57 Å². The molecule has 0 heterocycles. The van der Waals surface area contributed by atoms with Crippen molar-refractivity contribution >= 4 is 5.57 Å². The average molecular weight is 133 g/mol. The maximum absolute atomic E-state index is 5.34. The van der Waals surface area contributed by atoms with Crippen LogP contribution in [0.5, 0.6) is 0 Å². The molecule has 0 aliphatic heterocycles. The van der Waals surface area contributed by atoms with Crippen molar-refractivity contribution in [1.29, 1.82) is 0 Å². The molecule has 2 N–H and O–H groups in total. The van der Waals surface area contributed by atoms with Gasteiger partial charge < -0.3 is 5.73 Å². The van der Waals surface area contributed by atoms with Crippen LogP contribution in [0.25, 0.3) is 5.57 Å². The molecule has 0 unspecified atom stereocenters. The minimum Gasteiger partial charge on any atom is -0.404 e. The molecule has 1 heteroatoms. The molecule has 0 aromatic heterocycles. The van der Waals surface area contributed by atoms with Gasteiger partial charge in [0.2, 0.25) is 0 Å². The van der Waals surface area contributed by atoms with Crippen molar-refractivity contribution in [2.75, 3.05) is 0 Å². The van der Waals surface area contributed by atoms with Crippen LogP contribution < -0.4 is 5.73 Å². The molecule has 0 spiro atoms. The molecule has 10 heavy (non-hydrogen) atoms. The van der Waals surface area contributed by atoms with Crippen molar-refractivity contribution in [1.82, 2.24) is 0 Å². The van der Waals surface area contributed by atoms with Gasteiger partial charge in [-0.15, -0.1) is 0 Å². The molecule has 0 saturated carbocycles. The van der Waals surface area contributed by atoms with Crippen LogP contribution in [0.2, 0.25) is 0 Å². The van der Waals surface area contributed by atoms with Gasteiger partial charge in [-0.3, -0.25) is 0 Å². The van der Waals surface area contributed by atoms with Crippen molar-refractivity contribution in [3.8, 4) is 0 Å². The number of hydrogen-bond donors (Lipinski definition) is 1. The van der Waals surface area contributed by atoms with Gasteiger partial charge in [0.25, 0.3) is 0 Å². The molecule has 0 aliphatic carbocycles. The van der Waals surface area contributed by atoms with Gasteiger partial charge in [-0.1, -0.05) is 30.3 Å². The molecule has 0 bridgehead atoms. The SMILES string of the molecule is C/C(=C/N)c1ccccc1. The Morgan fingerprint density at radius 3 is 2.40 bits per heavy atom. The predicted molar refractivity (Wildman–Crippen MR) is 44.3 cm³/mol.